The lowest BCUT2D eigenvalue weighted by molar-refractivity contribution is -0.143. The van der Waals surface area contributed by atoms with E-state index in [9.17, 15) is 33.9 Å². The molecular weight excluding hydrogens is 688 g/mol. The SMILES string of the molecule is CC(C)[C@H](NC(=O)[C@H](CCCN=C(N)N)NC(=O)[C@H](CCCCN)NC(=O)[C@H](CCCCN)NC(=O)[C@H](CCCCN)NC(=O)[C@@H]1CCCN1)C(=O)O. The highest BCUT2D eigenvalue weighted by Crippen LogP contribution is 2.11. The van der Waals surface area contributed by atoms with Crippen LogP contribution in [-0.2, 0) is 28.8 Å². The van der Waals surface area contributed by atoms with Gasteiger partial charge in [-0.15, -0.1) is 0 Å². The summed E-state index contributed by atoms with van der Waals surface area (Å²) >= 11 is 0. The maximum atomic E-state index is 13.9. The van der Waals surface area contributed by atoms with E-state index in [-0.39, 0.29) is 44.1 Å². The zero-order valence-corrected chi connectivity index (χ0v) is 31.5. The molecule has 0 radical (unpaired) electrons. The first-order chi connectivity index (χ1) is 25.2. The minimum Gasteiger partial charge on any atom is -0.480 e. The molecule has 1 rings (SSSR count). The number of unbranched alkanes of at least 4 members (excludes halogenated alkanes) is 3. The smallest absolute Gasteiger partial charge is 0.326 e. The Hall–Kier alpha value is -4.07. The van der Waals surface area contributed by atoms with Crippen molar-refractivity contribution in [3.05, 3.63) is 0 Å². The van der Waals surface area contributed by atoms with E-state index in [1.54, 1.807) is 13.8 Å². The van der Waals surface area contributed by atoms with E-state index in [1.807, 2.05) is 0 Å². The lowest BCUT2D eigenvalue weighted by Gasteiger charge is -2.27. The molecule has 1 fully saturated rings. The van der Waals surface area contributed by atoms with Gasteiger partial charge in [0.1, 0.15) is 30.2 Å². The summed E-state index contributed by atoms with van der Waals surface area (Å²) in [7, 11) is 0. The van der Waals surface area contributed by atoms with Gasteiger partial charge in [-0.2, -0.15) is 0 Å². The van der Waals surface area contributed by atoms with Crippen LogP contribution < -0.4 is 60.6 Å². The van der Waals surface area contributed by atoms with Crippen molar-refractivity contribution in [1.29, 1.82) is 0 Å². The molecule has 0 saturated carbocycles. The summed E-state index contributed by atoms with van der Waals surface area (Å²) in [6, 6.07) is -5.92. The lowest BCUT2D eigenvalue weighted by Crippen LogP contribution is -2.59. The average molecular weight is 755 g/mol. The van der Waals surface area contributed by atoms with Crippen molar-refractivity contribution in [3.8, 4) is 0 Å². The molecule has 5 amide bonds. The second kappa shape index (κ2) is 26.7. The highest BCUT2D eigenvalue weighted by Gasteiger charge is 2.33. The van der Waals surface area contributed by atoms with Gasteiger partial charge in [-0.05, 0) is 116 Å². The van der Waals surface area contributed by atoms with Crippen LogP contribution >= 0.6 is 0 Å². The van der Waals surface area contributed by atoms with Crippen LogP contribution in [0.2, 0.25) is 0 Å². The Morgan fingerprint density at radius 3 is 1.43 bits per heavy atom. The minimum atomic E-state index is -1.23. The number of amides is 5. The van der Waals surface area contributed by atoms with E-state index >= 15 is 0 Å². The van der Waals surface area contributed by atoms with Gasteiger partial charge in [0.2, 0.25) is 29.5 Å². The second-order valence-corrected chi connectivity index (χ2v) is 13.8. The summed E-state index contributed by atoms with van der Waals surface area (Å²) < 4.78 is 0. The molecule has 1 heterocycles. The van der Waals surface area contributed by atoms with Crippen molar-refractivity contribution in [1.82, 2.24) is 31.9 Å². The lowest BCUT2D eigenvalue weighted by atomic mass is 10.0. The quantitative estimate of drug-likeness (QED) is 0.0221. The topological polar surface area (TPSA) is 337 Å². The van der Waals surface area contributed by atoms with Crippen molar-refractivity contribution in [2.75, 3.05) is 32.7 Å². The zero-order valence-electron chi connectivity index (χ0n) is 31.5. The molecular formula is C34H66N12O7. The molecule has 53 heavy (non-hydrogen) atoms. The van der Waals surface area contributed by atoms with Crippen LogP contribution in [0.4, 0.5) is 0 Å². The summed E-state index contributed by atoms with van der Waals surface area (Å²) in [5, 5.41) is 26.3. The number of aliphatic carboxylic acids is 1. The maximum absolute atomic E-state index is 13.9. The summed E-state index contributed by atoms with van der Waals surface area (Å²) in [6.45, 7) is 5.26. The largest absolute Gasteiger partial charge is 0.480 e. The Morgan fingerprint density at radius 2 is 1.08 bits per heavy atom. The number of carboxylic acids is 1. The van der Waals surface area contributed by atoms with Crippen LogP contribution in [0.15, 0.2) is 4.99 Å². The van der Waals surface area contributed by atoms with E-state index in [0.29, 0.717) is 77.5 Å². The summed E-state index contributed by atoms with van der Waals surface area (Å²) in [6.07, 6.45) is 5.81. The Labute approximate surface area is 312 Å². The summed E-state index contributed by atoms with van der Waals surface area (Å²) in [5.41, 5.74) is 27.9. The zero-order chi connectivity index (χ0) is 39.8. The first kappa shape index (κ1) is 47.0. The van der Waals surface area contributed by atoms with Gasteiger partial charge in [0.25, 0.3) is 0 Å². The van der Waals surface area contributed by atoms with Crippen LogP contribution in [0.25, 0.3) is 0 Å². The number of aliphatic imine (C=N–C) groups is 1. The van der Waals surface area contributed by atoms with Crippen molar-refractivity contribution >= 4 is 41.5 Å². The van der Waals surface area contributed by atoms with Gasteiger partial charge in [0, 0.05) is 6.54 Å². The Bertz CT molecular complexity index is 1180. The van der Waals surface area contributed by atoms with Gasteiger partial charge < -0.3 is 65.7 Å². The highest BCUT2D eigenvalue weighted by molar-refractivity contribution is 5.96. The van der Waals surface area contributed by atoms with Crippen molar-refractivity contribution in [2.24, 2.45) is 39.6 Å². The molecule has 1 saturated heterocycles. The van der Waals surface area contributed by atoms with E-state index < -0.39 is 71.8 Å². The molecule has 0 aromatic carbocycles. The van der Waals surface area contributed by atoms with Crippen LogP contribution in [-0.4, -0.2) is 116 Å². The molecule has 6 atom stereocenters. The fourth-order valence-corrected chi connectivity index (χ4v) is 5.82. The number of carbonyl (C=O) groups excluding carboxylic acids is 5. The molecule has 0 spiro atoms. The van der Waals surface area contributed by atoms with Gasteiger partial charge >= 0.3 is 5.97 Å². The first-order valence-corrected chi connectivity index (χ1v) is 18.9. The van der Waals surface area contributed by atoms with E-state index in [1.165, 1.54) is 0 Å². The fraction of sp³-hybridized carbons (Fsp3) is 0.794. The molecule has 0 aromatic rings. The predicted octanol–water partition coefficient (Wildman–Crippen LogP) is -2.66. The normalized spacial score (nSPS) is 16.8. The highest BCUT2D eigenvalue weighted by atomic mass is 16.4. The van der Waals surface area contributed by atoms with Crippen LogP contribution in [0.3, 0.4) is 0 Å². The van der Waals surface area contributed by atoms with E-state index in [2.05, 4.69) is 36.9 Å². The molecule has 19 heteroatoms. The van der Waals surface area contributed by atoms with Crippen LogP contribution in [0.1, 0.15) is 97.3 Å². The van der Waals surface area contributed by atoms with Gasteiger partial charge in [-0.3, -0.25) is 29.0 Å². The molecule has 1 aliphatic rings. The number of nitrogens with two attached hydrogens (primary N) is 5. The molecule has 19 nitrogen and oxygen atoms in total. The number of carboxylic acid groups (broad SMARTS) is 1. The van der Waals surface area contributed by atoms with Gasteiger partial charge in [-0.25, -0.2) is 4.79 Å². The summed E-state index contributed by atoms with van der Waals surface area (Å²) in [4.78, 5) is 83.3. The predicted molar refractivity (Wildman–Crippen MR) is 202 cm³/mol. The monoisotopic (exact) mass is 755 g/mol. The third-order valence-electron chi connectivity index (χ3n) is 8.93. The van der Waals surface area contributed by atoms with Crippen LogP contribution in [0, 0.1) is 5.92 Å². The van der Waals surface area contributed by atoms with Crippen LogP contribution in [0.5, 0.6) is 0 Å². The number of nitrogens with zero attached hydrogens (tertiary/aromatic N) is 1. The number of hydrogen-bond acceptors (Lipinski definition) is 11. The van der Waals surface area contributed by atoms with Crippen molar-refractivity contribution < 1.29 is 33.9 Å². The van der Waals surface area contributed by atoms with Gasteiger partial charge in [-0.1, -0.05) is 13.8 Å². The number of rotatable bonds is 28. The van der Waals surface area contributed by atoms with Crippen molar-refractivity contribution in [2.45, 2.75) is 134 Å². The maximum Gasteiger partial charge on any atom is 0.326 e. The molecule has 0 aromatic heterocycles. The Balaban J connectivity index is 3.27. The average Bonchev–Trinajstić information content (AvgIpc) is 3.65. The first-order valence-electron chi connectivity index (χ1n) is 18.9. The Kier molecular flexibility index (Phi) is 23.6. The number of nitrogens with one attached hydrogen (secondary N) is 6. The number of guanidine groups is 1. The van der Waals surface area contributed by atoms with Gasteiger partial charge in [0.15, 0.2) is 5.96 Å². The standard InChI is InChI=1S/C34H66N12O7/c1-21(2)27(33(52)53)46-32(51)26(15-10-20-41-34(38)39)45-31(50)25(13-5-8-18-37)44-30(49)24(12-4-7-17-36)43-29(48)23(11-3-6-16-35)42-28(47)22-14-9-19-40-22/h21-27,40H,3-20,35-37H2,1-2H3,(H,42,47)(H,43,48)(H,44,49)(H,45,50)(H,46,51)(H,52,53)(H4,38,39,41)/t22-,23-,24-,25-,26-,27-/m0/s1. The number of hydrogen-bond donors (Lipinski definition) is 12. The van der Waals surface area contributed by atoms with Crippen molar-refractivity contribution in [3.63, 3.8) is 0 Å². The van der Waals surface area contributed by atoms with Gasteiger partial charge in [0.05, 0.1) is 6.04 Å². The molecule has 1 aliphatic heterocycles. The minimum absolute atomic E-state index is 0.0632. The molecule has 304 valence electrons. The number of carbonyl (C=O) groups is 6. The second-order valence-electron chi connectivity index (χ2n) is 13.8. The third-order valence-corrected chi connectivity index (χ3v) is 8.93. The molecule has 17 N–H and O–H groups in total. The molecule has 0 unspecified atom stereocenters. The molecule has 0 aliphatic carbocycles. The Morgan fingerprint density at radius 1 is 0.660 bits per heavy atom. The summed E-state index contributed by atoms with van der Waals surface area (Å²) in [5.74, 6) is -4.70. The van der Waals surface area contributed by atoms with E-state index in [0.717, 1.165) is 6.42 Å². The van der Waals surface area contributed by atoms with E-state index in [4.69, 9.17) is 28.7 Å². The molecule has 0 bridgehead atoms. The fourth-order valence-electron chi connectivity index (χ4n) is 5.82. The third kappa shape index (κ3) is 19.0.